The second-order valence-electron chi connectivity index (χ2n) is 6.73. The lowest BCUT2D eigenvalue weighted by Crippen LogP contribution is -2.12. The summed E-state index contributed by atoms with van der Waals surface area (Å²) in [6.45, 7) is 9.62. The van der Waals surface area contributed by atoms with Crippen molar-refractivity contribution in [2.24, 2.45) is 5.92 Å². The Balaban J connectivity index is 0.000000852. The molecule has 1 aromatic rings. The van der Waals surface area contributed by atoms with Crippen molar-refractivity contribution in [2.45, 2.75) is 65.4 Å². The quantitative estimate of drug-likeness (QED) is 0.311. The number of rotatable bonds is 6. The second-order valence-corrected chi connectivity index (χ2v) is 6.73. The molecule has 176 valence electrons. The molecule has 0 saturated heterocycles. The zero-order valence-corrected chi connectivity index (χ0v) is 18.3. The molecule has 0 aromatic heterocycles. The standard InChI is InChI=1S/C15H16F6O.C7H10.C2H6/c16-14(17,18)12-5-11(6-13(7-12)15(19,20)21)9-22-8-10-3-1-2-4-10;1-3-5-7-6-4-2;1-2/h5-7,10H,1-4,8-9H2;3-7H,1H2,2H3;1-2H3/b;6-4-,7-5-;. The predicted octanol–water partition coefficient (Wildman–Crippen LogP) is 8.76. The van der Waals surface area contributed by atoms with Gasteiger partial charge in [0.1, 0.15) is 0 Å². The Labute approximate surface area is 181 Å². The Hall–Kier alpha value is -2.02. The molecule has 0 N–H and O–H groups in total. The van der Waals surface area contributed by atoms with Crippen LogP contribution in [0.4, 0.5) is 26.3 Å². The summed E-state index contributed by atoms with van der Waals surface area (Å²) in [5.41, 5.74) is -2.72. The molecular weight excluding hydrogens is 418 g/mol. The number of benzene rings is 1. The van der Waals surface area contributed by atoms with Crippen molar-refractivity contribution in [3.8, 4) is 0 Å². The SMILES string of the molecule is C=C/C=C\C=C/C.CC.FC(F)(F)c1cc(COCC2CCCC2)cc(C(F)(F)F)c1. The summed E-state index contributed by atoms with van der Waals surface area (Å²) in [6, 6.07) is 1.55. The minimum Gasteiger partial charge on any atom is -0.376 e. The third kappa shape index (κ3) is 12.4. The summed E-state index contributed by atoms with van der Waals surface area (Å²) in [6.07, 6.45) is 4.05. The van der Waals surface area contributed by atoms with E-state index in [1.807, 2.05) is 45.1 Å². The first kappa shape index (κ1) is 29.0. The maximum absolute atomic E-state index is 12.7. The maximum Gasteiger partial charge on any atom is 0.416 e. The molecule has 0 radical (unpaired) electrons. The summed E-state index contributed by atoms with van der Waals surface area (Å²) in [7, 11) is 0. The van der Waals surface area contributed by atoms with Gasteiger partial charge in [-0.05, 0) is 49.4 Å². The van der Waals surface area contributed by atoms with Crippen molar-refractivity contribution in [1.29, 1.82) is 0 Å². The first-order chi connectivity index (χ1) is 14.6. The van der Waals surface area contributed by atoms with Crippen LogP contribution < -0.4 is 0 Å². The predicted molar refractivity (Wildman–Crippen MR) is 114 cm³/mol. The zero-order chi connectivity index (χ0) is 23.9. The van der Waals surface area contributed by atoms with Gasteiger partial charge in [-0.1, -0.05) is 63.6 Å². The van der Waals surface area contributed by atoms with E-state index in [2.05, 4.69) is 6.58 Å². The minimum absolute atomic E-state index is 0.111. The summed E-state index contributed by atoms with van der Waals surface area (Å²) in [5, 5.41) is 0. The van der Waals surface area contributed by atoms with Gasteiger partial charge in [-0.15, -0.1) is 0 Å². The number of hydrogen-bond acceptors (Lipinski definition) is 1. The van der Waals surface area contributed by atoms with Gasteiger partial charge in [-0.25, -0.2) is 0 Å². The van der Waals surface area contributed by atoms with Gasteiger partial charge >= 0.3 is 12.4 Å². The number of ether oxygens (including phenoxy) is 1. The van der Waals surface area contributed by atoms with Crippen molar-refractivity contribution in [1.82, 2.24) is 0 Å². The highest BCUT2D eigenvalue weighted by molar-refractivity contribution is 5.33. The van der Waals surface area contributed by atoms with Crippen LogP contribution in [0, 0.1) is 5.92 Å². The fourth-order valence-corrected chi connectivity index (χ4v) is 2.88. The number of halogens is 6. The third-order valence-corrected chi connectivity index (χ3v) is 4.30. The molecule has 0 unspecified atom stereocenters. The van der Waals surface area contributed by atoms with Gasteiger partial charge in [-0.2, -0.15) is 26.3 Å². The van der Waals surface area contributed by atoms with E-state index in [-0.39, 0.29) is 18.2 Å². The van der Waals surface area contributed by atoms with Crippen LogP contribution in [0.15, 0.2) is 55.2 Å². The van der Waals surface area contributed by atoms with Crippen LogP contribution in [-0.2, 0) is 23.7 Å². The van der Waals surface area contributed by atoms with E-state index in [0.29, 0.717) is 24.7 Å². The molecule has 0 amide bonds. The van der Waals surface area contributed by atoms with E-state index in [0.717, 1.165) is 25.7 Å². The molecular formula is C24H32F6O. The Morgan fingerprint density at radius 2 is 1.42 bits per heavy atom. The van der Waals surface area contributed by atoms with Gasteiger partial charge < -0.3 is 4.74 Å². The summed E-state index contributed by atoms with van der Waals surface area (Å²) >= 11 is 0. The monoisotopic (exact) mass is 450 g/mol. The maximum atomic E-state index is 12.7. The molecule has 31 heavy (non-hydrogen) atoms. The molecule has 1 fully saturated rings. The summed E-state index contributed by atoms with van der Waals surface area (Å²) in [5.74, 6) is 0.355. The Morgan fingerprint density at radius 1 is 0.903 bits per heavy atom. The van der Waals surface area contributed by atoms with E-state index >= 15 is 0 Å². The van der Waals surface area contributed by atoms with Gasteiger partial charge in [0.05, 0.1) is 17.7 Å². The highest BCUT2D eigenvalue weighted by Crippen LogP contribution is 2.36. The molecule has 0 atom stereocenters. The van der Waals surface area contributed by atoms with E-state index in [1.165, 1.54) is 0 Å². The molecule has 0 spiro atoms. The Morgan fingerprint density at radius 3 is 1.84 bits per heavy atom. The van der Waals surface area contributed by atoms with Crippen LogP contribution in [0.3, 0.4) is 0 Å². The molecule has 0 heterocycles. The van der Waals surface area contributed by atoms with Crippen molar-refractivity contribution in [2.75, 3.05) is 6.61 Å². The lowest BCUT2D eigenvalue weighted by molar-refractivity contribution is -0.143. The van der Waals surface area contributed by atoms with Gasteiger partial charge in [0.25, 0.3) is 0 Å². The normalized spacial score (nSPS) is 14.9. The highest BCUT2D eigenvalue weighted by Gasteiger charge is 2.36. The molecule has 7 heteroatoms. The molecule has 1 aromatic carbocycles. The molecule has 1 nitrogen and oxygen atoms in total. The molecule has 0 bridgehead atoms. The molecule has 1 aliphatic rings. The van der Waals surface area contributed by atoms with E-state index in [9.17, 15) is 26.3 Å². The molecule has 1 aliphatic carbocycles. The van der Waals surface area contributed by atoms with Crippen LogP contribution >= 0.6 is 0 Å². The second kappa shape index (κ2) is 14.9. The Kier molecular flexibility index (Phi) is 13.9. The van der Waals surface area contributed by atoms with Gasteiger partial charge in [-0.3, -0.25) is 0 Å². The van der Waals surface area contributed by atoms with Crippen molar-refractivity contribution < 1.29 is 31.1 Å². The van der Waals surface area contributed by atoms with Crippen LogP contribution in [-0.4, -0.2) is 6.61 Å². The first-order valence-corrected chi connectivity index (χ1v) is 10.3. The number of alkyl halides is 6. The summed E-state index contributed by atoms with van der Waals surface area (Å²) in [4.78, 5) is 0. The molecule has 2 rings (SSSR count). The lowest BCUT2D eigenvalue weighted by Gasteiger charge is -2.15. The minimum atomic E-state index is -4.82. The topological polar surface area (TPSA) is 9.23 Å². The van der Waals surface area contributed by atoms with Crippen LogP contribution in [0.25, 0.3) is 0 Å². The number of hydrogen-bond donors (Lipinski definition) is 0. The average molecular weight is 451 g/mol. The first-order valence-electron chi connectivity index (χ1n) is 10.3. The third-order valence-electron chi connectivity index (χ3n) is 4.30. The van der Waals surface area contributed by atoms with Crippen molar-refractivity contribution in [3.05, 3.63) is 71.8 Å². The summed E-state index contributed by atoms with van der Waals surface area (Å²) < 4.78 is 81.5. The van der Waals surface area contributed by atoms with Gasteiger partial charge in [0, 0.05) is 6.61 Å². The van der Waals surface area contributed by atoms with Crippen LogP contribution in [0.5, 0.6) is 0 Å². The zero-order valence-electron chi connectivity index (χ0n) is 18.3. The van der Waals surface area contributed by atoms with E-state index < -0.39 is 23.5 Å². The van der Waals surface area contributed by atoms with Crippen LogP contribution in [0.2, 0.25) is 0 Å². The fourth-order valence-electron chi connectivity index (χ4n) is 2.88. The van der Waals surface area contributed by atoms with Crippen molar-refractivity contribution >= 4 is 0 Å². The molecule has 0 aliphatic heterocycles. The van der Waals surface area contributed by atoms with Crippen LogP contribution in [0.1, 0.15) is 63.1 Å². The molecule has 1 saturated carbocycles. The number of allylic oxidation sites excluding steroid dienone is 5. The smallest absolute Gasteiger partial charge is 0.376 e. The fraction of sp³-hybridized carbons (Fsp3) is 0.500. The Bertz CT molecular complexity index is 648. The van der Waals surface area contributed by atoms with E-state index in [1.54, 1.807) is 6.08 Å². The van der Waals surface area contributed by atoms with E-state index in [4.69, 9.17) is 4.74 Å². The van der Waals surface area contributed by atoms with Gasteiger partial charge in [0.15, 0.2) is 0 Å². The average Bonchev–Trinajstić information content (AvgIpc) is 3.22. The van der Waals surface area contributed by atoms with Crippen molar-refractivity contribution in [3.63, 3.8) is 0 Å². The van der Waals surface area contributed by atoms with Gasteiger partial charge in [0.2, 0.25) is 0 Å². The lowest BCUT2D eigenvalue weighted by atomic mass is 10.1. The highest BCUT2D eigenvalue weighted by atomic mass is 19.4. The largest absolute Gasteiger partial charge is 0.416 e.